The van der Waals surface area contributed by atoms with Gasteiger partial charge in [0.25, 0.3) is 5.91 Å². The van der Waals surface area contributed by atoms with Crippen LogP contribution in [0.3, 0.4) is 0 Å². The first-order chi connectivity index (χ1) is 37.9. The van der Waals surface area contributed by atoms with Gasteiger partial charge in [-0.25, -0.2) is 4.79 Å². The molecule has 1 aliphatic rings. The van der Waals surface area contributed by atoms with Gasteiger partial charge in [0.15, 0.2) is 0 Å². The number of carboxylic acids is 3. The molecule has 0 heterocycles. The summed E-state index contributed by atoms with van der Waals surface area (Å²) in [5.41, 5.74) is 4.86. The average Bonchev–Trinajstić information content (AvgIpc) is 3.38. The van der Waals surface area contributed by atoms with Crippen molar-refractivity contribution in [3.63, 3.8) is 0 Å². The van der Waals surface area contributed by atoms with Gasteiger partial charge in [-0.05, 0) is 146 Å². The van der Waals surface area contributed by atoms with Crippen LogP contribution in [0.2, 0.25) is 0 Å². The molecule has 1 fully saturated rings. The lowest BCUT2D eigenvalue weighted by molar-refractivity contribution is -0.143. The molecule has 0 bridgehead atoms. The first kappa shape index (κ1) is 72.7. The molecule has 81 heavy (non-hydrogen) atoms. The van der Waals surface area contributed by atoms with E-state index in [2.05, 4.69) is 51.1 Å². The van der Waals surface area contributed by atoms with Crippen LogP contribution in [0.4, 0.5) is 5.69 Å². The normalized spacial score (nSPS) is 15.7. The lowest BCUT2D eigenvalue weighted by Crippen LogP contribution is -2.49. The second kappa shape index (κ2) is 36.9. The van der Waals surface area contributed by atoms with Gasteiger partial charge in [-0.2, -0.15) is 0 Å². The third kappa shape index (κ3) is 30.9. The summed E-state index contributed by atoms with van der Waals surface area (Å²) >= 11 is 0. The van der Waals surface area contributed by atoms with Gasteiger partial charge < -0.3 is 67.7 Å². The molecule has 460 valence electrons. The molecule has 1 saturated carbocycles. The predicted molar refractivity (Wildman–Crippen MR) is 307 cm³/mol. The van der Waals surface area contributed by atoms with E-state index in [1.54, 1.807) is 12.1 Å². The maximum absolute atomic E-state index is 13.1. The Morgan fingerprint density at radius 1 is 0.642 bits per heavy atom. The second-order valence-electron chi connectivity index (χ2n) is 23.5. The zero-order valence-corrected chi connectivity index (χ0v) is 49.9. The van der Waals surface area contributed by atoms with Gasteiger partial charge in [0, 0.05) is 62.6 Å². The van der Waals surface area contributed by atoms with Crippen molar-refractivity contribution in [3.8, 4) is 0 Å². The van der Waals surface area contributed by atoms with E-state index >= 15 is 0 Å². The first-order valence-electron chi connectivity index (χ1n) is 28.6. The Labute approximate surface area is 479 Å². The molecular weight excluding hydrogens is 1050 g/mol. The Balaban J connectivity index is 0.00000113. The number of aliphatic carboxylic acids is 3. The van der Waals surface area contributed by atoms with Crippen molar-refractivity contribution in [2.45, 2.75) is 208 Å². The smallest absolute Gasteiger partial charge is 0.326 e. The van der Waals surface area contributed by atoms with Crippen molar-refractivity contribution in [3.05, 3.63) is 29.8 Å². The number of primary amides is 1. The second-order valence-corrected chi connectivity index (χ2v) is 23.5. The highest BCUT2D eigenvalue weighted by Crippen LogP contribution is 2.44. The zero-order chi connectivity index (χ0) is 61.4. The van der Waals surface area contributed by atoms with Crippen LogP contribution in [0.25, 0.3) is 0 Å². The summed E-state index contributed by atoms with van der Waals surface area (Å²) in [7, 11) is 0. The van der Waals surface area contributed by atoms with Crippen LogP contribution in [-0.2, 0) is 52.6 Å². The molecule has 0 aliphatic heterocycles. The molecule has 1 aromatic rings. The Morgan fingerprint density at radius 2 is 1.25 bits per heavy atom. The number of ether oxygens (including phenoxy) is 2. The maximum atomic E-state index is 13.1. The number of rotatable bonds is 40. The largest absolute Gasteiger partial charge is 0.481 e. The predicted octanol–water partition coefficient (Wildman–Crippen LogP) is 5.43. The monoisotopic (exact) mass is 1150 g/mol. The Morgan fingerprint density at radius 3 is 1.81 bits per heavy atom. The number of nitrogens with two attached hydrogens (primary N) is 1. The molecule has 12 N–H and O–H groups in total. The fourth-order valence-corrected chi connectivity index (χ4v) is 8.95. The number of carbonyl (C=O) groups excluding carboxylic acids is 7. The van der Waals surface area contributed by atoms with E-state index in [4.69, 9.17) is 15.2 Å². The first-order valence-corrected chi connectivity index (χ1v) is 28.6. The van der Waals surface area contributed by atoms with Gasteiger partial charge in [-0.1, -0.05) is 48.0 Å². The number of benzene rings is 1. The van der Waals surface area contributed by atoms with Gasteiger partial charge in [0.1, 0.15) is 18.1 Å². The highest BCUT2D eigenvalue weighted by molar-refractivity contribution is 5.94. The number of unbranched alkanes of at least 4 members (excludes halogenated alkanes) is 1. The van der Waals surface area contributed by atoms with Crippen LogP contribution in [0.1, 0.15) is 189 Å². The number of carboxylic acid groups (broad SMARTS) is 3. The molecule has 0 spiro atoms. The summed E-state index contributed by atoms with van der Waals surface area (Å²) in [5.74, 6) is -6.26. The van der Waals surface area contributed by atoms with Crippen molar-refractivity contribution < 1.29 is 72.7 Å². The van der Waals surface area contributed by atoms with E-state index in [0.717, 1.165) is 31.5 Å². The van der Waals surface area contributed by atoms with E-state index in [0.29, 0.717) is 83.0 Å². The molecule has 7 amide bonds. The molecule has 0 aromatic heterocycles. The molecule has 2 rings (SSSR count). The summed E-state index contributed by atoms with van der Waals surface area (Å²) in [4.78, 5) is 120. The molecule has 3 atom stereocenters. The van der Waals surface area contributed by atoms with Crippen LogP contribution >= 0.6 is 0 Å². The lowest BCUT2D eigenvalue weighted by atomic mass is 9.64. The van der Waals surface area contributed by atoms with E-state index in [1.807, 2.05) is 67.5 Å². The third-order valence-corrected chi connectivity index (χ3v) is 14.9. The minimum atomic E-state index is -1.36. The molecule has 23 heteroatoms. The fourth-order valence-electron chi connectivity index (χ4n) is 8.95. The molecule has 1 aromatic carbocycles. The summed E-state index contributed by atoms with van der Waals surface area (Å²) in [6, 6.07) is 4.14. The number of anilines is 1. The Kier molecular flexibility index (Phi) is 33.1. The molecule has 3 unspecified atom stereocenters. The fraction of sp³-hybridized carbons (Fsp3) is 0.724. The van der Waals surface area contributed by atoms with Gasteiger partial charge in [0.2, 0.25) is 35.9 Å². The molecule has 1 aliphatic carbocycles. The summed E-state index contributed by atoms with van der Waals surface area (Å²) in [6.07, 6.45) is 7.14. The lowest BCUT2D eigenvalue weighted by Gasteiger charge is -2.40. The topological polar surface area (TPSA) is 360 Å². The number of hydrogen-bond acceptors (Lipinski definition) is 13. The van der Waals surface area contributed by atoms with E-state index in [-0.39, 0.29) is 75.0 Å². The molecule has 0 radical (unpaired) electrons. The van der Waals surface area contributed by atoms with Crippen LogP contribution in [0.15, 0.2) is 24.3 Å². The van der Waals surface area contributed by atoms with Gasteiger partial charge in [-0.3, -0.25) is 43.2 Å². The summed E-state index contributed by atoms with van der Waals surface area (Å²) < 4.78 is 11.9. The maximum Gasteiger partial charge on any atom is 0.326 e. The van der Waals surface area contributed by atoms with Gasteiger partial charge >= 0.3 is 17.9 Å². The Bertz CT molecular complexity index is 2160. The number of nitrogens with one attached hydrogen (secondary N) is 7. The van der Waals surface area contributed by atoms with Crippen LogP contribution in [0, 0.1) is 22.7 Å². The van der Waals surface area contributed by atoms with E-state index in [1.165, 1.54) is 0 Å². The van der Waals surface area contributed by atoms with Gasteiger partial charge in [0.05, 0.1) is 30.8 Å². The van der Waals surface area contributed by atoms with Crippen molar-refractivity contribution in [1.82, 2.24) is 31.9 Å². The third-order valence-electron chi connectivity index (χ3n) is 14.9. The van der Waals surface area contributed by atoms with Crippen LogP contribution in [0.5, 0.6) is 0 Å². The van der Waals surface area contributed by atoms with Crippen molar-refractivity contribution in [2.75, 3.05) is 44.7 Å². The minimum Gasteiger partial charge on any atom is -0.481 e. The highest BCUT2D eigenvalue weighted by Gasteiger charge is 2.40. The summed E-state index contributed by atoms with van der Waals surface area (Å²) in [5, 5.41) is 47.4. The van der Waals surface area contributed by atoms with Crippen molar-refractivity contribution in [2.24, 2.45) is 28.4 Å². The quantitative estimate of drug-likeness (QED) is 0.0288. The number of carbonyl (C=O) groups is 10. The van der Waals surface area contributed by atoms with Crippen molar-refractivity contribution >= 4 is 65.4 Å². The number of hydrogen-bond donors (Lipinski definition) is 11. The number of amides is 7. The molecule has 0 saturated heterocycles. The van der Waals surface area contributed by atoms with Crippen LogP contribution < -0.4 is 43.0 Å². The molecular formula is C58H98N8O15. The van der Waals surface area contributed by atoms with Crippen LogP contribution in [-0.4, -0.2) is 144 Å². The molecule has 23 nitrogen and oxygen atoms in total. The highest BCUT2D eigenvalue weighted by atomic mass is 16.5. The Hall–Kier alpha value is -6.36. The zero-order valence-electron chi connectivity index (χ0n) is 49.9. The minimum absolute atomic E-state index is 0.0609. The SMILES string of the molecule is CCCC(C)(C)OCCC(C)(C)OCCNC(=O)C(CCC(=O)O)NC(=O)CCC(NC(=O)C1CCC(CNC(=O)CC(C)(C)C(C)(C)CC(=O)O)CC1)C(=O)O.CCCNc1ccc(C(=O)NCCCCC(NC=O)C(N)=O)cc1. The van der Waals surface area contributed by atoms with Crippen molar-refractivity contribution in [1.29, 1.82) is 0 Å². The summed E-state index contributed by atoms with van der Waals surface area (Å²) in [6.45, 7) is 22.1. The van der Waals surface area contributed by atoms with E-state index < -0.39 is 82.0 Å². The van der Waals surface area contributed by atoms with E-state index in [9.17, 15) is 63.3 Å². The standard InChI is InChI=1S/C41H72N4O12.C17H26N4O3/c1-10-19-40(6,7)56-22-20-41(8,9)57-23-21-42-36(53)29(16-18-33(48)49)44-31(46)17-15-30(37(54)55)45-35(52)28-13-11-27(12-14-28)26-43-32(47)24-38(2,3)39(4,5)25-34(50)51;1-2-10-19-14-8-6-13(7-9-14)17(24)20-11-4-3-5-15(16(18)23)21-12-22/h27-30H,10-26H2,1-9H3,(H,42,53)(H,43,47)(H,44,46)(H,45,52)(H,48,49)(H,50,51)(H,54,55);6-9,12,15,19H,2-5,10-11H2,1H3,(H2,18,23)(H,20,24)(H,21,22). The average molecular weight is 1150 g/mol. The van der Waals surface area contributed by atoms with Gasteiger partial charge in [-0.15, -0.1) is 0 Å².